The van der Waals surface area contributed by atoms with Crippen LogP contribution in [0.1, 0.15) is 12.0 Å². The Kier molecular flexibility index (Phi) is 2.22. The van der Waals surface area contributed by atoms with Crippen molar-refractivity contribution in [3.05, 3.63) is 42.4 Å². The van der Waals surface area contributed by atoms with Crippen molar-refractivity contribution in [3.8, 4) is 5.82 Å². The molecule has 0 aliphatic rings. The molecule has 0 N–H and O–H groups in total. The van der Waals surface area contributed by atoms with E-state index in [1.54, 1.807) is 12.3 Å². The van der Waals surface area contributed by atoms with Gasteiger partial charge in [0.05, 0.1) is 5.56 Å². The van der Waals surface area contributed by atoms with Crippen molar-refractivity contribution in [2.45, 2.75) is 6.43 Å². The number of nitrogens with zero attached hydrogens (tertiary/aromatic N) is 3. The highest BCUT2D eigenvalue weighted by atomic mass is 19.3. The first-order valence-electron chi connectivity index (χ1n) is 4.02. The monoisotopic (exact) mass is 195 g/mol. The van der Waals surface area contributed by atoms with E-state index in [0.717, 1.165) is 0 Å². The predicted molar refractivity (Wildman–Crippen MR) is 46.3 cm³/mol. The lowest BCUT2D eigenvalue weighted by atomic mass is 10.2. The Morgan fingerprint density at radius 1 is 1.21 bits per heavy atom. The van der Waals surface area contributed by atoms with Crippen molar-refractivity contribution in [1.29, 1.82) is 0 Å². The van der Waals surface area contributed by atoms with E-state index in [-0.39, 0.29) is 11.4 Å². The largest absolute Gasteiger partial charge is 0.267 e. The minimum Gasteiger partial charge on any atom is -0.237 e. The zero-order valence-electron chi connectivity index (χ0n) is 7.14. The molecule has 0 bridgehead atoms. The first kappa shape index (κ1) is 8.80. The van der Waals surface area contributed by atoms with Crippen LogP contribution in [-0.4, -0.2) is 14.8 Å². The second kappa shape index (κ2) is 3.53. The minimum atomic E-state index is -2.54. The van der Waals surface area contributed by atoms with Gasteiger partial charge in [-0.3, -0.25) is 0 Å². The van der Waals surface area contributed by atoms with Crippen molar-refractivity contribution < 1.29 is 8.78 Å². The SMILES string of the molecule is FC(F)c1cccnc1-n1cccn1. The molecular weight excluding hydrogens is 188 g/mol. The molecule has 14 heavy (non-hydrogen) atoms. The van der Waals surface area contributed by atoms with Crippen LogP contribution in [0.15, 0.2) is 36.8 Å². The highest BCUT2D eigenvalue weighted by Crippen LogP contribution is 2.22. The fourth-order valence-corrected chi connectivity index (χ4v) is 1.17. The maximum atomic E-state index is 12.5. The lowest BCUT2D eigenvalue weighted by Crippen LogP contribution is -2.02. The van der Waals surface area contributed by atoms with Gasteiger partial charge >= 0.3 is 0 Å². The topological polar surface area (TPSA) is 30.7 Å². The average Bonchev–Trinajstić information content (AvgIpc) is 2.70. The van der Waals surface area contributed by atoms with Crippen molar-refractivity contribution >= 4 is 0 Å². The van der Waals surface area contributed by atoms with Crippen LogP contribution in [0.5, 0.6) is 0 Å². The molecule has 0 fully saturated rings. The number of halogens is 2. The fraction of sp³-hybridized carbons (Fsp3) is 0.111. The molecule has 0 aliphatic heterocycles. The van der Waals surface area contributed by atoms with Gasteiger partial charge in [-0.25, -0.2) is 18.4 Å². The van der Waals surface area contributed by atoms with E-state index < -0.39 is 6.43 Å². The van der Waals surface area contributed by atoms with E-state index in [0.29, 0.717) is 0 Å². The van der Waals surface area contributed by atoms with Crippen LogP contribution >= 0.6 is 0 Å². The Balaban J connectivity index is 2.53. The van der Waals surface area contributed by atoms with E-state index in [1.807, 2.05) is 0 Å². The fourth-order valence-electron chi connectivity index (χ4n) is 1.17. The van der Waals surface area contributed by atoms with Crippen molar-refractivity contribution in [2.75, 3.05) is 0 Å². The molecule has 3 nitrogen and oxygen atoms in total. The van der Waals surface area contributed by atoms with Crippen LogP contribution in [0.4, 0.5) is 8.78 Å². The molecule has 0 amide bonds. The Labute approximate surface area is 79.0 Å². The Morgan fingerprint density at radius 3 is 2.71 bits per heavy atom. The molecule has 0 saturated carbocycles. The van der Waals surface area contributed by atoms with Crippen LogP contribution in [0.3, 0.4) is 0 Å². The average molecular weight is 195 g/mol. The van der Waals surface area contributed by atoms with E-state index in [4.69, 9.17) is 0 Å². The third kappa shape index (κ3) is 1.48. The molecule has 0 atom stereocenters. The van der Waals surface area contributed by atoms with Gasteiger partial charge in [0.1, 0.15) is 0 Å². The lowest BCUT2D eigenvalue weighted by Gasteiger charge is -2.06. The van der Waals surface area contributed by atoms with Crippen LogP contribution in [-0.2, 0) is 0 Å². The number of alkyl halides is 2. The lowest BCUT2D eigenvalue weighted by molar-refractivity contribution is 0.150. The third-order valence-corrected chi connectivity index (χ3v) is 1.77. The van der Waals surface area contributed by atoms with Crippen LogP contribution in [0.25, 0.3) is 5.82 Å². The highest BCUT2D eigenvalue weighted by molar-refractivity contribution is 5.33. The highest BCUT2D eigenvalue weighted by Gasteiger charge is 2.14. The molecular formula is C9H7F2N3. The number of rotatable bonds is 2. The van der Waals surface area contributed by atoms with Gasteiger partial charge in [-0.05, 0) is 18.2 Å². The molecule has 0 radical (unpaired) electrons. The van der Waals surface area contributed by atoms with Gasteiger partial charge in [0.15, 0.2) is 5.82 Å². The molecule has 0 spiro atoms. The van der Waals surface area contributed by atoms with Gasteiger partial charge in [-0.1, -0.05) is 0 Å². The minimum absolute atomic E-state index is 0.115. The summed E-state index contributed by atoms with van der Waals surface area (Å²) < 4.78 is 26.4. The second-order valence-corrected chi connectivity index (χ2v) is 2.67. The summed E-state index contributed by atoms with van der Waals surface area (Å²) in [5, 5.41) is 3.85. The van der Waals surface area contributed by atoms with Gasteiger partial charge in [0, 0.05) is 18.6 Å². The maximum Gasteiger partial charge on any atom is 0.267 e. The summed E-state index contributed by atoms with van der Waals surface area (Å²) in [5.41, 5.74) is -0.115. The number of hydrogen-bond donors (Lipinski definition) is 0. The molecule has 2 heterocycles. The zero-order chi connectivity index (χ0) is 9.97. The maximum absolute atomic E-state index is 12.5. The predicted octanol–water partition coefficient (Wildman–Crippen LogP) is 2.20. The summed E-state index contributed by atoms with van der Waals surface area (Å²) in [5.74, 6) is 0.174. The van der Waals surface area contributed by atoms with Gasteiger partial charge in [0.25, 0.3) is 6.43 Å². The molecule has 2 aromatic heterocycles. The zero-order valence-corrected chi connectivity index (χ0v) is 7.14. The summed E-state index contributed by atoms with van der Waals surface area (Å²) in [6.07, 6.45) is 2.02. The summed E-state index contributed by atoms with van der Waals surface area (Å²) in [6.45, 7) is 0. The molecule has 0 unspecified atom stereocenters. The van der Waals surface area contributed by atoms with Crippen LogP contribution in [0, 0.1) is 0 Å². The van der Waals surface area contributed by atoms with Gasteiger partial charge in [-0.15, -0.1) is 0 Å². The number of hydrogen-bond acceptors (Lipinski definition) is 2. The van der Waals surface area contributed by atoms with Crippen molar-refractivity contribution in [3.63, 3.8) is 0 Å². The summed E-state index contributed by atoms with van der Waals surface area (Å²) in [6, 6.07) is 4.48. The molecule has 0 aliphatic carbocycles. The smallest absolute Gasteiger partial charge is 0.237 e. The summed E-state index contributed by atoms with van der Waals surface area (Å²) in [7, 11) is 0. The van der Waals surface area contributed by atoms with E-state index in [9.17, 15) is 8.78 Å². The molecule has 0 aromatic carbocycles. The van der Waals surface area contributed by atoms with E-state index in [1.165, 1.54) is 29.2 Å². The molecule has 5 heteroatoms. The molecule has 2 aromatic rings. The van der Waals surface area contributed by atoms with Crippen molar-refractivity contribution in [2.24, 2.45) is 0 Å². The van der Waals surface area contributed by atoms with Crippen molar-refractivity contribution in [1.82, 2.24) is 14.8 Å². The summed E-state index contributed by atoms with van der Waals surface area (Å²) in [4.78, 5) is 3.86. The Morgan fingerprint density at radius 2 is 2.07 bits per heavy atom. The first-order chi connectivity index (χ1) is 6.79. The van der Waals surface area contributed by atoms with Crippen LogP contribution in [0.2, 0.25) is 0 Å². The third-order valence-electron chi connectivity index (χ3n) is 1.77. The molecule has 2 rings (SSSR count). The second-order valence-electron chi connectivity index (χ2n) is 2.67. The van der Waals surface area contributed by atoms with E-state index in [2.05, 4.69) is 10.1 Å². The number of pyridine rings is 1. The number of aromatic nitrogens is 3. The Bertz CT molecular complexity index is 412. The van der Waals surface area contributed by atoms with Gasteiger partial charge in [-0.2, -0.15) is 5.10 Å². The first-order valence-corrected chi connectivity index (χ1v) is 4.02. The van der Waals surface area contributed by atoms with E-state index >= 15 is 0 Å². The van der Waals surface area contributed by atoms with Crippen LogP contribution < -0.4 is 0 Å². The molecule has 0 saturated heterocycles. The van der Waals surface area contributed by atoms with Gasteiger partial charge < -0.3 is 0 Å². The standard InChI is InChI=1S/C9H7F2N3/c10-8(11)7-3-1-4-12-9(7)14-6-2-5-13-14/h1-6,8H. The molecule has 72 valence electrons. The summed E-state index contributed by atoms with van der Waals surface area (Å²) >= 11 is 0. The normalized spacial score (nSPS) is 10.8. The Hall–Kier alpha value is -1.78. The van der Waals surface area contributed by atoms with Gasteiger partial charge in [0.2, 0.25) is 0 Å². The quantitative estimate of drug-likeness (QED) is 0.735.